The maximum Gasteiger partial charge on any atom is 0.320 e. The van der Waals surface area contributed by atoms with E-state index in [0.29, 0.717) is 23.2 Å². The van der Waals surface area contributed by atoms with E-state index in [1.807, 2.05) is 30.3 Å². The highest BCUT2D eigenvalue weighted by Gasteiger charge is 2.51. The molecule has 0 aliphatic heterocycles. The van der Waals surface area contributed by atoms with Crippen molar-refractivity contribution >= 4 is 23.4 Å². The minimum Gasteiger partial charge on any atom is -0.485 e. The normalized spacial score (nSPS) is 29.5. The van der Waals surface area contributed by atoms with Crippen LogP contribution in [-0.2, 0) is 6.61 Å². The minimum absolute atomic E-state index is 0.0355. The smallest absolute Gasteiger partial charge is 0.320 e. The number of amides is 2. The van der Waals surface area contributed by atoms with Gasteiger partial charge in [0, 0.05) is 22.3 Å². The first-order valence-electron chi connectivity index (χ1n) is 10.5. The largest absolute Gasteiger partial charge is 0.485 e. The number of aromatic nitrogens is 1. The summed E-state index contributed by atoms with van der Waals surface area (Å²) in [5.41, 5.74) is 0.855. The van der Waals surface area contributed by atoms with Crippen LogP contribution in [0.3, 0.4) is 0 Å². The Kier molecular flexibility index (Phi) is 4.86. The van der Waals surface area contributed by atoms with Gasteiger partial charge in [0.15, 0.2) is 11.6 Å². The van der Waals surface area contributed by atoms with Crippen LogP contribution in [0.4, 0.5) is 10.6 Å². The van der Waals surface area contributed by atoms with E-state index in [4.69, 9.17) is 16.3 Å². The van der Waals surface area contributed by atoms with E-state index in [9.17, 15) is 4.79 Å². The van der Waals surface area contributed by atoms with E-state index >= 15 is 0 Å². The van der Waals surface area contributed by atoms with Crippen molar-refractivity contribution in [2.75, 3.05) is 5.32 Å². The molecule has 1 aromatic carbocycles. The van der Waals surface area contributed by atoms with Crippen molar-refractivity contribution in [3.05, 3.63) is 53.2 Å². The number of nitrogens with one attached hydrogen (secondary N) is 2. The van der Waals surface area contributed by atoms with Gasteiger partial charge in [0.05, 0.1) is 0 Å². The van der Waals surface area contributed by atoms with Crippen molar-refractivity contribution in [2.24, 2.45) is 17.8 Å². The molecule has 0 radical (unpaired) electrons. The maximum absolute atomic E-state index is 12.8. The summed E-state index contributed by atoms with van der Waals surface area (Å²) in [7, 11) is 0. The second-order valence-corrected chi connectivity index (χ2v) is 9.41. The van der Waals surface area contributed by atoms with Crippen LogP contribution in [0.25, 0.3) is 0 Å². The van der Waals surface area contributed by atoms with Gasteiger partial charge in [0.2, 0.25) is 0 Å². The molecule has 4 aliphatic carbocycles. The van der Waals surface area contributed by atoms with Crippen molar-refractivity contribution in [1.82, 2.24) is 10.3 Å². The molecule has 0 atom stereocenters. The summed E-state index contributed by atoms with van der Waals surface area (Å²) in [5.74, 6) is 3.32. The summed E-state index contributed by atoms with van der Waals surface area (Å²) in [6.07, 6.45) is 9.05. The molecule has 6 heteroatoms. The van der Waals surface area contributed by atoms with Gasteiger partial charge in [0.1, 0.15) is 6.61 Å². The van der Waals surface area contributed by atoms with Crippen LogP contribution in [0.15, 0.2) is 42.6 Å². The molecule has 2 N–H and O–H groups in total. The lowest BCUT2D eigenvalue weighted by molar-refractivity contribution is -0.0127. The number of ether oxygens (including phenoxy) is 1. The van der Waals surface area contributed by atoms with Crippen LogP contribution in [0.2, 0.25) is 5.02 Å². The lowest BCUT2D eigenvalue weighted by Gasteiger charge is -2.56. The molecule has 4 bridgehead atoms. The van der Waals surface area contributed by atoms with E-state index in [1.165, 1.54) is 19.3 Å². The third kappa shape index (κ3) is 3.93. The second kappa shape index (κ2) is 7.52. The molecule has 152 valence electrons. The predicted molar refractivity (Wildman–Crippen MR) is 113 cm³/mol. The quantitative estimate of drug-likeness (QED) is 0.691. The average molecular weight is 412 g/mol. The molecule has 5 nitrogen and oxygen atoms in total. The highest BCUT2D eigenvalue weighted by atomic mass is 35.5. The number of anilines is 1. The Morgan fingerprint density at radius 1 is 1.07 bits per heavy atom. The summed E-state index contributed by atoms with van der Waals surface area (Å²) in [6, 6.07) is 11.0. The lowest BCUT2D eigenvalue weighted by Crippen LogP contribution is -2.60. The predicted octanol–water partition coefficient (Wildman–Crippen LogP) is 5.40. The number of hydrogen-bond donors (Lipinski definition) is 2. The van der Waals surface area contributed by atoms with Crippen LogP contribution < -0.4 is 15.4 Å². The molecule has 1 aromatic heterocycles. The van der Waals surface area contributed by atoms with E-state index in [-0.39, 0.29) is 11.6 Å². The third-order valence-corrected chi connectivity index (χ3v) is 7.13. The Labute approximate surface area is 176 Å². The molecule has 1 heterocycles. The van der Waals surface area contributed by atoms with Gasteiger partial charge in [-0.05, 0) is 74.5 Å². The molecular weight excluding hydrogens is 386 g/mol. The molecule has 2 amide bonds. The SMILES string of the molecule is O=C(Nc1ncccc1OCc1ccccc1Cl)NC12CC3CC(CC(C3)C1)C2. The van der Waals surface area contributed by atoms with Crippen molar-refractivity contribution in [1.29, 1.82) is 0 Å². The molecule has 0 unspecified atom stereocenters. The Hall–Kier alpha value is -2.27. The molecule has 6 rings (SSSR count). The van der Waals surface area contributed by atoms with Crippen molar-refractivity contribution in [3.8, 4) is 5.75 Å². The molecule has 4 aliphatic rings. The van der Waals surface area contributed by atoms with E-state index in [2.05, 4.69) is 15.6 Å². The van der Waals surface area contributed by atoms with Gasteiger partial charge in [-0.15, -0.1) is 0 Å². The monoisotopic (exact) mass is 411 g/mol. The Balaban J connectivity index is 1.25. The summed E-state index contributed by atoms with van der Waals surface area (Å²) >= 11 is 6.21. The van der Waals surface area contributed by atoms with Crippen molar-refractivity contribution in [3.63, 3.8) is 0 Å². The first-order valence-corrected chi connectivity index (χ1v) is 10.9. The zero-order valence-electron chi connectivity index (χ0n) is 16.4. The number of benzene rings is 1. The fraction of sp³-hybridized carbons (Fsp3) is 0.478. The van der Waals surface area contributed by atoms with Crippen molar-refractivity contribution in [2.45, 2.75) is 50.7 Å². The first kappa shape index (κ1) is 18.7. The van der Waals surface area contributed by atoms with Gasteiger partial charge in [-0.2, -0.15) is 0 Å². The Morgan fingerprint density at radius 2 is 1.76 bits per heavy atom. The first-order chi connectivity index (χ1) is 14.1. The summed E-state index contributed by atoms with van der Waals surface area (Å²) < 4.78 is 5.91. The molecule has 29 heavy (non-hydrogen) atoms. The van der Waals surface area contributed by atoms with Crippen LogP contribution in [-0.4, -0.2) is 16.6 Å². The number of halogens is 1. The highest BCUT2D eigenvalue weighted by Crippen LogP contribution is 2.55. The molecule has 0 spiro atoms. The van der Waals surface area contributed by atoms with Gasteiger partial charge < -0.3 is 10.1 Å². The highest BCUT2D eigenvalue weighted by molar-refractivity contribution is 6.31. The van der Waals surface area contributed by atoms with Crippen LogP contribution in [0.5, 0.6) is 5.75 Å². The summed E-state index contributed by atoms with van der Waals surface area (Å²) in [4.78, 5) is 17.2. The number of hydrogen-bond acceptors (Lipinski definition) is 3. The second-order valence-electron chi connectivity index (χ2n) is 9.01. The summed E-state index contributed by atoms with van der Waals surface area (Å²) in [5, 5.41) is 6.89. The number of rotatable bonds is 5. The molecule has 4 saturated carbocycles. The van der Waals surface area contributed by atoms with E-state index in [0.717, 1.165) is 42.6 Å². The third-order valence-electron chi connectivity index (χ3n) is 6.76. The van der Waals surface area contributed by atoms with Gasteiger partial charge in [-0.25, -0.2) is 9.78 Å². The summed E-state index contributed by atoms with van der Waals surface area (Å²) in [6.45, 7) is 0.316. The standard InChI is InChI=1S/C23H26ClN3O2/c24-19-5-2-1-4-18(19)14-29-20-6-3-7-25-21(20)26-22(28)27-23-11-15-8-16(12-23)10-17(9-15)13-23/h1-7,15-17H,8-14H2,(H2,25,26,27,28). The number of nitrogens with zero attached hydrogens (tertiary/aromatic N) is 1. The minimum atomic E-state index is -0.187. The topological polar surface area (TPSA) is 63.2 Å². The van der Waals surface area contributed by atoms with Crippen LogP contribution in [0.1, 0.15) is 44.1 Å². The maximum atomic E-state index is 12.8. The molecular formula is C23H26ClN3O2. The zero-order valence-corrected chi connectivity index (χ0v) is 17.1. The molecule has 0 saturated heterocycles. The molecule has 2 aromatic rings. The number of urea groups is 1. The van der Waals surface area contributed by atoms with Gasteiger partial charge in [0.25, 0.3) is 0 Å². The Bertz CT molecular complexity index is 881. The van der Waals surface area contributed by atoms with Crippen LogP contribution >= 0.6 is 11.6 Å². The van der Waals surface area contributed by atoms with Gasteiger partial charge in [-0.1, -0.05) is 29.8 Å². The average Bonchev–Trinajstić information content (AvgIpc) is 2.67. The number of carbonyl (C=O) groups is 1. The van der Waals surface area contributed by atoms with Crippen LogP contribution in [0, 0.1) is 17.8 Å². The fourth-order valence-electron chi connectivity index (χ4n) is 6.02. The van der Waals surface area contributed by atoms with Gasteiger partial charge >= 0.3 is 6.03 Å². The number of carbonyl (C=O) groups excluding carboxylic acids is 1. The van der Waals surface area contributed by atoms with E-state index in [1.54, 1.807) is 12.3 Å². The Morgan fingerprint density at radius 3 is 2.45 bits per heavy atom. The molecule has 4 fully saturated rings. The van der Waals surface area contributed by atoms with Crippen molar-refractivity contribution < 1.29 is 9.53 Å². The number of pyridine rings is 1. The fourth-order valence-corrected chi connectivity index (χ4v) is 6.21. The zero-order chi connectivity index (χ0) is 19.8. The van der Waals surface area contributed by atoms with Gasteiger partial charge in [-0.3, -0.25) is 5.32 Å². The lowest BCUT2D eigenvalue weighted by atomic mass is 9.53. The van der Waals surface area contributed by atoms with E-state index < -0.39 is 0 Å².